The molecule has 0 aliphatic carbocycles. The smallest absolute Gasteiger partial charge is 0.169 e. The van der Waals surface area contributed by atoms with Gasteiger partial charge in [-0.1, -0.05) is 84.9 Å². The first kappa shape index (κ1) is 18.7. The van der Waals surface area contributed by atoms with Crippen LogP contribution >= 0.6 is 22.4 Å². The van der Waals surface area contributed by atoms with E-state index in [1.165, 1.54) is 32.7 Å². The predicted octanol–water partition coefficient (Wildman–Crippen LogP) is 7.96. The van der Waals surface area contributed by atoms with E-state index in [-0.39, 0.29) is 0 Å². The topological polar surface area (TPSA) is 6.48 Å². The van der Waals surface area contributed by atoms with E-state index in [0.29, 0.717) is 6.04 Å². The van der Waals surface area contributed by atoms with Crippen LogP contribution in [0, 0.1) is 0 Å². The largest absolute Gasteiger partial charge is 0.326 e. The Hall–Kier alpha value is -2.35. The third-order valence-electron chi connectivity index (χ3n) is 5.68. The molecule has 144 valence electrons. The maximum Gasteiger partial charge on any atom is 0.169 e. The Morgan fingerprint density at radius 2 is 1.38 bits per heavy atom. The van der Waals surface area contributed by atoms with Gasteiger partial charge >= 0.3 is 0 Å². The molecule has 5 rings (SSSR count). The lowest BCUT2D eigenvalue weighted by atomic mass is 10.00. The molecular weight excluding hydrogens is 439 g/mol. The second kappa shape index (κ2) is 7.82. The Bertz CT molecular complexity index is 1200. The SMILES string of the molecule is CC(c1cccc2ccccc12)N1C=CN(Cc2cccc3ccccc23)P1Br. The van der Waals surface area contributed by atoms with Gasteiger partial charge in [-0.3, -0.25) is 0 Å². The number of benzene rings is 4. The molecule has 0 amide bonds. The summed E-state index contributed by atoms with van der Waals surface area (Å²) in [6.07, 6.45) is 4.46. The fourth-order valence-corrected chi connectivity index (χ4v) is 7.21. The highest BCUT2D eigenvalue weighted by Gasteiger charge is 2.29. The van der Waals surface area contributed by atoms with E-state index in [0.717, 1.165) is 6.54 Å². The first-order chi connectivity index (χ1) is 14.2. The molecule has 0 spiro atoms. The van der Waals surface area contributed by atoms with Gasteiger partial charge in [0.05, 0.1) is 6.04 Å². The van der Waals surface area contributed by atoms with Crippen molar-refractivity contribution in [2.45, 2.75) is 19.5 Å². The van der Waals surface area contributed by atoms with E-state index in [4.69, 9.17) is 0 Å². The fourth-order valence-electron chi connectivity index (χ4n) is 4.13. The van der Waals surface area contributed by atoms with Crippen LogP contribution in [-0.2, 0) is 6.54 Å². The lowest BCUT2D eigenvalue weighted by Crippen LogP contribution is -2.16. The van der Waals surface area contributed by atoms with Crippen LogP contribution in [0.3, 0.4) is 0 Å². The van der Waals surface area contributed by atoms with Crippen LogP contribution in [0.25, 0.3) is 21.5 Å². The average Bonchev–Trinajstić information content (AvgIpc) is 3.13. The molecule has 29 heavy (non-hydrogen) atoms. The van der Waals surface area contributed by atoms with E-state index in [9.17, 15) is 0 Å². The quantitative estimate of drug-likeness (QED) is 0.285. The van der Waals surface area contributed by atoms with Gasteiger partial charge in [0, 0.05) is 18.9 Å². The summed E-state index contributed by atoms with van der Waals surface area (Å²) in [5.74, 6) is 0. The molecule has 0 saturated carbocycles. The van der Waals surface area contributed by atoms with Crippen LogP contribution in [0.5, 0.6) is 0 Å². The average molecular weight is 461 g/mol. The highest BCUT2D eigenvalue weighted by Crippen LogP contribution is 2.60. The van der Waals surface area contributed by atoms with Crippen molar-refractivity contribution in [2.75, 3.05) is 0 Å². The maximum atomic E-state index is 4.01. The van der Waals surface area contributed by atoms with Gasteiger partial charge in [-0.15, -0.1) is 0 Å². The van der Waals surface area contributed by atoms with Crippen molar-refractivity contribution in [3.63, 3.8) is 0 Å². The second-order valence-electron chi connectivity index (χ2n) is 7.40. The molecule has 4 heteroatoms. The molecule has 0 N–H and O–H groups in total. The first-order valence-electron chi connectivity index (χ1n) is 9.86. The summed E-state index contributed by atoms with van der Waals surface area (Å²) in [5, 5.41) is 5.26. The zero-order valence-electron chi connectivity index (χ0n) is 16.2. The van der Waals surface area contributed by atoms with Crippen LogP contribution in [0.2, 0.25) is 0 Å². The van der Waals surface area contributed by atoms with Gasteiger partial charge in [0.1, 0.15) is 0 Å². The molecule has 0 aromatic heterocycles. The number of hydrogen-bond acceptors (Lipinski definition) is 2. The predicted molar refractivity (Wildman–Crippen MR) is 129 cm³/mol. The highest BCUT2D eigenvalue weighted by atomic mass is 79.9. The molecule has 0 saturated heterocycles. The van der Waals surface area contributed by atoms with Gasteiger partial charge in [-0.25, -0.2) is 0 Å². The van der Waals surface area contributed by atoms with Crippen LogP contribution in [-0.4, -0.2) is 9.34 Å². The summed E-state index contributed by atoms with van der Waals surface area (Å²) in [7, 11) is 0. The van der Waals surface area contributed by atoms with Gasteiger partial charge in [0.15, 0.2) is 6.93 Å². The van der Waals surface area contributed by atoms with Crippen molar-refractivity contribution in [1.82, 2.24) is 9.34 Å². The molecular formula is C25H22BrN2P. The molecule has 2 unspecified atom stereocenters. The number of rotatable bonds is 4. The van der Waals surface area contributed by atoms with Crippen molar-refractivity contribution < 1.29 is 0 Å². The van der Waals surface area contributed by atoms with Gasteiger partial charge < -0.3 is 9.34 Å². The second-order valence-corrected chi connectivity index (χ2v) is 10.8. The highest BCUT2D eigenvalue weighted by molar-refractivity contribution is 9.38. The van der Waals surface area contributed by atoms with Gasteiger partial charge in [-0.2, -0.15) is 0 Å². The normalized spacial score (nSPS) is 17.4. The minimum atomic E-state index is -0.621. The summed E-state index contributed by atoms with van der Waals surface area (Å²) >= 11 is 4.01. The molecule has 1 heterocycles. The van der Waals surface area contributed by atoms with Crippen molar-refractivity contribution >= 4 is 44.0 Å². The van der Waals surface area contributed by atoms with Crippen molar-refractivity contribution in [2.24, 2.45) is 0 Å². The van der Waals surface area contributed by atoms with E-state index in [1.54, 1.807) is 0 Å². The summed E-state index contributed by atoms with van der Waals surface area (Å²) in [5.41, 5.74) is 2.73. The zero-order chi connectivity index (χ0) is 19.8. The van der Waals surface area contributed by atoms with Crippen molar-refractivity contribution in [3.8, 4) is 0 Å². The van der Waals surface area contributed by atoms with E-state index in [2.05, 4.69) is 129 Å². The standard InChI is InChI=1S/C25H22BrN2P/c1-19(23-15-7-11-21-9-3-5-14-25(21)23)28-17-16-27(29(28)26)18-22-12-6-10-20-8-2-4-13-24(20)22/h2-17,19H,18H2,1H3. The Morgan fingerprint density at radius 3 is 2.17 bits per heavy atom. The first-order valence-corrected chi connectivity index (χ1v) is 13.1. The molecule has 2 nitrogen and oxygen atoms in total. The summed E-state index contributed by atoms with van der Waals surface area (Å²) in [6, 6.07) is 30.8. The molecule has 1 aliphatic heterocycles. The van der Waals surface area contributed by atoms with Crippen LogP contribution < -0.4 is 0 Å². The minimum Gasteiger partial charge on any atom is -0.326 e. The molecule has 2 atom stereocenters. The number of nitrogens with zero attached hydrogens (tertiary/aromatic N) is 2. The minimum absolute atomic E-state index is 0.292. The van der Waals surface area contributed by atoms with Crippen LogP contribution in [0.4, 0.5) is 0 Å². The third kappa shape index (κ3) is 3.43. The van der Waals surface area contributed by atoms with Gasteiger partial charge in [-0.05, 0) is 55.1 Å². The van der Waals surface area contributed by atoms with E-state index >= 15 is 0 Å². The van der Waals surface area contributed by atoms with Crippen LogP contribution in [0.1, 0.15) is 24.1 Å². The summed E-state index contributed by atoms with van der Waals surface area (Å²) in [6.45, 7) is 2.57. The van der Waals surface area contributed by atoms with Crippen molar-refractivity contribution in [3.05, 3.63) is 108 Å². The molecule has 1 aliphatic rings. The van der Waals surface area contributed by atoms with E-state index in [1.807, 2.05) is 0 Å². The monoisotopic (exact) mass is 460 g/mol. The summed E-state index contributed by atoms with van der Waals surface area (Å²) in [4.78, 5) is 0. The molecule has 4 aromatic rings. The zero-order valence-corrected chi connectivity index (χ0v) is 18.7. The van der Waals surface area contributed by atoms with Crippen LogP contribution in [0.15, 0.2) is 97.3 Å². The Labute approximate surface area is 181 Å². The van der Waals surface area contributed by atoms with Gasteiger partial charge in [0.2, 0.25) is 0 Å². The number of hydrogen-bond donors (Lipinski definition) is 0. The lowest BCUT2D eigenvalue weighted by molar-refractivity contribution is 0.484. The van der Waals surface area contributed by atoms with Gasteiger partial charge in [0.25, 0.3) is 0 Å². The Kier molecular flexibility index (Phi) is 5.03. The maximum absolute atomic E-state index is 4.01. The Balaban J connectivity index is 1.41. The number of halogens is 1. The fraction of sp³-hybridized carbons (Fsp3) is 0.120. The lowest BCUT2D eigenvalue weighted by Gasteiger charge is -2.32. The Morgan fingerprint density at radius 1 is 0.759 bits per heavy atom. The molecule has 4 aromatic carbocycles. The molecule has 0 bridgehead atoms. The van der Waals surface area contributed by atoms with Crippen molar-refractivity contribution in [1.29, 1.82) is 0 Å². The summed E-state index contributed by atoms with van der Waals surface area (Å²) < 4.78 is 4.86. The molecule has 0 radical (unpaired) electrons. The van der Waals surface area contributed by atoms with E-state index < -0.39 is 6.93 Å². The molecule has 0 fully saturated rings. The number of fused-ring (bicyclic) bond motifs is 2. The third-order valence-corrected chi connectivity index (χ3v) is 9.56.